The van der Waals surface area contributed by atoms with Crippen molar-refractivity contribution in [3.05, 3.63) is 42.1 Å². The Morgan fingerprint density at radius 2 is 2.14 bits per heavy atom. The molecule has 0 saturated carbocycles. The molecule has 1 unspecified atom stereocenters. The van der Waals surface area contributed by atoms with E-state index in [0.717, 1.165) is 17.6 Å². The number of nitrogens with zero attached hydrogens (tertiary/aromatic N) is 1. The number of allylic oxidation sites excluding steroid dienone is 1. The molecule has 2 aromatic rings. The summed E-state index contributed by atoms with van der Waals surface area (Å²) in [7, 11) is 0. The van der Waals surface area contributed by atoms with Crippen LogP contribution in [0, 0.1) is 0 Å². The van der Waals surface area contributed by atoms with E-state index in [9.17, 15) is 4.79 Å². The van der Waals surface area contributed by atoms with Crippen molar-refractivity contribution in [3.8, 4) is 0 Å². The molecule has 3 N–H and O–H groups in total. The Morgan fingerprint density at radius 1 is 1.36 bits per heavy atom. The smallest absolute Gasteiger partial charge is 0.319 e. The van der Waals surface area contributed by atoms with Crippen LogP contribution in [0.25, 0.3) is 10.9 Å². The zero-order valence-electron chi connectivity index (χ0n) is 17.4. The molecule has 2 amide bonds. The number of aromatic nitrogens is 1. The fraction of sp³-hybridized carbons (Fsp3) is 0.522. The van der Waals surface area contributed by atoms with E-state index < -0.39 is 0 Å². The van der Waals surface area contributed by atoms with E-state index in [1.807, 2.05) is 25.1 Å². The van der Waals surface area contributed by atoms with E-state index in [-0.39, 0.29) is 6.03 Å². The van der Waals surface area contributed by atoms with Gasteiger partial charge in [-0.3, -0.25) is 0 Å². The second-order valence-corrected chi connectivity index (χ2v) is 7.81. The third-order valence-corrected chi connectivity index (χ3v) is 5.99. The van der Waals surface area contributed by atoms with Crippen LogP contribution in [-0.2, 0) is 0 Å². The summed E-state index contributed by atoms with van der Waals surface area (Å²) in [4.78, 5) is 18.1. The van der Waals surface area contributed by atoms with E-state index in [2.05, 4.69) is 52.7 Å². The van der Waals surface area contributed by atoms with Gasteiger partial charge in [0.25, 0.3) is 0 Å². The Bertz CT molecular complexity index is 802. The number of carbonyl (C=O) groups is 1. The number of nitrogens with one attached hydrogen (secondary N) is 3. The maximum atomic E-state index is 12.1. The zero-order chi connectivity index (χ0) is 19.9. The summed E-state index contributed by atoms with van der Waals surface area (Å²) in [6.07, 6.45) is 10.7. The predicted octanol–water partition coefficient (Wildman–Crippen LogP) is 5.23. The van der Waals surface area contributed by atoms with Crippen LogP contribution < -0.4 is 10.6 Å². The summed E-state index contributed by atoms with van der Waals surface area (Å²) in [6, 6.07) is 6.64. The second kappa shape index (κ2) is 9.78. The highest BCUT2D eigenvalue weighted by atomic mass is 16.2. The SMILES string of the molecule is C/C=C/CCNC(=O)Nc1ccc2[nH]cc(C3CCN(C(C)CC)CC3)c2c1. The molecule has 152 valence electrons. The molecule has 5 nitrogen and oxygen atoms in total. The van der Waals surface area contributed by atoms with Crippen LogP contribution in [0.3, 0.4) is 0 Å². The Balaban J connectivity index is 1.65. The molecule has 1 saturated heterocycles. The lowest BCUT2D eigenvalue weighted by atomic mass is 9.88. The van der Waals surface area contributed by atoms with Crippen LogP contribution in [0.4, 0.5) is 10.5 Å². The minimum atomic E-state index is -0.150. The van der Waals surface area contributed by atoms with Crippen molar-refractivity contribution < 1.29 is 4.79 Å². The number of piperidine rings is 1. The van der Waals surface area contributed by atoms with Gasteiger partial charge in [0, 0.05) is 35.4 Å². The monoisotopic (exact) mass is 382 g/mol. The van der Waals surface area contributed by atoms with Gasteiger partial charge in [-0.1, -0.05) is 19.1 Å². The average molecular weight is 383 g/mol. The van der Waals surface area contributed by atoms with Gasteiger partial charge in [0.1, 0.15) is 0 Å². The molecule has 5 heteroatoms. The highest BCUT2D eigenvalue weighted by Gasteiger charge is 2.24. The van der Waals surface area contributed by atoms with Gasteiger partial charge in [-0.2, -0.15) is 0 Å². The minimum absolute atomic E-state index is 0.150. The van der Waals surface area contributed by atoms with E-state index in [4.69, 9.17) is 0 Å². The van der Waals surface area contributed by atoms with Crippen LogP contribution in [-0.4, -0.2) is 41.6 Å². The Labute approximate surface area is 168 Å². The van der Waals surface area contributed by atoms with Gasteiger partial charge in [-0.15, -0.1) is 0 Å². The second-order valence-electron chi connectivity index (χ2n) is 7.81. The number of fused-ring (bicyclic) bond motifs is 1. The molecule has 0 radical (unpaired) electrons. The van der Waals surface area contributed by atoms with Gasteiger partial charge >= 0.3 is 6.03 Å². The van der Waals surface area contributed by atoms with E-state index in [0.29, 0.717) is 18.5 Å². The third-order valence-electron chi connectivity index (χ3n) is 5.99. The van der Waals surface area contributed by atoms with E-state index >= 15 is 0 Å². The quantitative estimate of drug-likeness (QED) is 0.453. The van der Waals surface area contributed by atoms with Crippen LogP contribution in [0.2, 0.25) is 0 Å². The number of hydrogen-bond donors (Lipinski definition) is 3. The van der Waals surface area contributed by atoms with Crippen molar-refractivity contribution in [2.75, 3.05) is 25.0 Å². The first-order valence-electron chi connectivity index (χ1n) is 10.6. The number of urea groups is 1. The highest BCUT2D eigenvalue weighted by Crippen LogP contribution is 2.34. The van der Waals surface area contributed by atoms with Gasteiger partial charge in [0.05, 0.1) is 0 Å². The predicted molar refractivity (Wildman–Crippen MR) is 118 cm³/mol. The molecule has 1 aromatic carbocycles. The molecule has 0 aliphatic carbocycles. The minimum Gasteiger partial charge on any atom is -0.361 e. The number of aromatic amines is 1. The first kappa shape index (κ1) is 20.5. The Hall–Kier alpha value is -2.27. The van der Waals surface area contributed by atoms with Crippen LogP contribution in [0.5, 0.6) is 0 Å². The van der Waals surface area contributed by atoms with Crippen LogP contribution in [0.15, 0.2) is 36.5 Å². The van der Waals surface area contributed by atoms with E-state index in [1.54, 1.807) is 0 Å². The van der Waals surface area contributed by atoms with Gasteiger partial charge in [-0.25, -0.2) is 4.79 Å². The molecular weight excluding hydrogens is 348 g/mol. The summed E-state index contributed by atoms with van der Waals surface area (Å²) in [6.45, 7) is 9.55. The number of hydrogen-bond acceptors (Lipinski definition) is 2. The van der Waals surface area contributed by atoms with Crippen molar-refractivity contribution in [1.82, 2.24) is 15.2 Å². The zero-order valence-corrected chi connectivity index (χ0v) is 17.4. The normalized spacial score (nSPS) is 17.2. The summed E-state index contributed by atoms with van der Waals surface area (Å²) >= 11 is 0. The molecule has 1 atom stereocenters. The van der Waals surface area contributed by atoms with Gasteiger partial charge in [-0.05, 0) is 82.3 Å². The molecule has 3 rings (SSSR count). The van der Waals surface area contributed by atoms with Crippen molar-refractivity contribution in [3.63, 3.8) is 0 Å². The largest absolute Gasteiger partial charge is 0.361 e. The lowest BCUT2D eigenvalue weighted by Crippen LogP contribution is -2.39. The molecular formula is C23H34N4O. The number of anilines is 1. The van der Waals surface area contributed by atoms with Gasteiger partial charge in [0.2, 0.25) is 0 Å². The topological polar surface area (TPSA) is 60.2 Å². The summed E-state index contributed by atoms with van der Waals surface area (Å²) in [5, 5.41) is 7.09. The lowest BCUT2D eigenvalue weighted by Gasteiger charge is -2.35. The van der Waals surface area contributed by atoms with Crippen LogP contribution >= 0.6 is 0 Å². The van der Waals surface area contributed by atoms with Crippen LogP contribution in [0.1, 0.15) is 57.9 Å². The fourth-order valence-corrected chi connectivity index (χ4v) is 4.08. The molecule has 0 spiro atoms. The summed E-state index contributed by atoms with van der Waals surface area (Å²) < 4.78 is 0. The number of amides is 2. The highest BCUT2D eigenvalue weighted by molar-refractivity contribution is 5.94. The first-order valence-corrected chi connectivity index (χ1v) is 10.6. The number of rotatable bonds is 7. The van der Waals surface area contributed by atoms with Crippen molar-refractivity contribution in [1.29, 1.82) is 0 Å². The number of benzene rings is 1. The van der Waals surface area contributed by atoms with Crippen molar-refractivity contribution in [2.24, 2.45) is 0 Å². The lowest BCUT2D eigenvalue weighted by molar-refractivity contribution is 0.158. The summed E-state index contributed by atoms with van der Waals surface area (Å²) in [5.41, 5.74) is 3.36. The number of likely N-dealkylation sites (tertiary alicyclic amines) is 1. The number of H-pyrrole nitrogens is 1. The molecule has 28 heavy (non-hydrogen) atoms. The van der Waals surface area contributed by atoms with Crippen molar-refractivity contribution in [2.45, 2.75) is 58.4 Å². The standard InChI is InChI=1S/C23H34N4O/c1-4-6-7-12-24-23(28)26-19-8-9-22-20(15-19)21(16-25-22)18-10-13-27(14-11-18)17(3)5-2/h4,6,8-9,15-18,25H,5,7,10-14H2,1-3H3,(H2,24,26,28)/b6-4+. The molecule has 1 aromatic heterocycles. The van der Waals surface area contributed by atoms with Gasteiger partial charge < -0.3 is 20.5 Å². The molecule has 1 fully saturated rings. The summed E-state index contributed by atoms with van der Waals surface area (Å²) in [5.74, 6) is 0.582. The molecule has 1 aliphatic rings. The maximum Gasteiger partial charge on any atom is 0.319 e. The fourth-order valence-electron chi connectivity index (χ4n) is 4.08. The first-order chi connectivity index (χ1) is 13.6. The molecule has 2 heterocycles. The Morgan fingerprint density at radius 3 is 2.86 bits per heavy atom. The third kappa shape index (κ3) is 4.96. The average Bonchev–Trinajstić information content (AvgIpc) is 3.14. The molecule has 0 bridgehead atoms. The van der Waals surface area contributed by atoms with Crippen molar-refractivity contribution >= 4 is 22.6 Å². The Kier molecular flexibility index (Phi) is 7.15. The van der Waals surface area contributed by atoms with E-state index in [1.165, 1.54) is 43.3 Å². The van der Waals surface area contributed by atoms with Gasteiger partial charge in [0.15, 0.2) is 0 Å². The number of carbonyl (C=O) groups excluding carboxylic acids is 1. The molecule has 1 aliphatic heterocycles. The maximum absolute atomic E-state index is 12.1.